The highest BCUT2D eigenvalue weighted by Gasteiger charge is 2.51. The van der Waals surface area contributed by atoms with Crippen LogP contribution in [0.5, 0.6) is 0 Å². The van der Waals surface area contributed by atoms with Gasteiger partial charge in [0.25, 0.3) is 0 Å². The smallest absolute Gasteiger partial charge is 0.419 e. The molecule has 1 aromatic rings. The zero-order valence-corrected chi connectivity index (χ0v) is 10.5. The maximum Gasteiger partial charge on any atom is 0.419 e. The van der Waals surface area contributed by atoms with Crippen LogP contribution in [0, 0.1) is 5.92 Å². The molecule has 3 unspecified atom stereocenters. The van der Waals surface area contributed by atoms with Gasteiger partial charge in [-0.3, -0.25) is 4.79 Å². The predicted molar refractivity (Wildman–Crippen MR) is 64.3 cm³/mol. The number of rotatable bonds is 2. The standard InChI is InChI=1S/C13H13F3N2O2/c14-13(15,16)9-2-1-5-17-11(9)18-7-3-4-10(18)8(6-7)12(19)20/h1-2,5,7-8,10H,3-4,6H2,(H,19,20). The third-order valence-corrected chi connectivity index (χ3v) is 4.19. The van der Waals surface area contributed by atoms with Gasteiger partial charge in [0, 0.05) is 18.3 Å². The number of aliphatic carboxylic acids is 1. The third-order valence-electron chi connectivity index (χ3n) is 4.19. The lowest BCUT2D eigenvalue weighted by Crippen LogP contribution is -2.34. The lowest BCUT2D eigenvalue weighted by molar-refractivity contribution is -0.142. The molecule has 2 aliphatic heterocycles. The fourth-order valence-electron chi connectivity index (χ4n) is 3.41. The van der Waals surface area contributed by atoms with Gasteiger partial charge in [0.05, 0.1) is 11.5 Å². The zero-order chi connectivity index (χ0) is 14.5. The van der Waals surface area contributed by atoms with Crippen molar-refractivity contribution in [2.75, 3.05) is 4.90 Å². The Labute approximate surface area is 113 Å². The summed E-state index contributed by atoms with van der Waals surface area (Å²) < 4.78 is 39.1. The Morgan fingerprint density at radius 2 is 2.15 bits per heavy atom. The highest BCUT2D eigenvalue weighted by molar-refractivity contribution is 5.74. The molecule has 3 atom stereocenters. The minimum Gasteiger partial charge on any atom is -0.481 e. The van der Waals surface area contributed by atoms with E-state index in [0.29, 0.717) is 12.8 Å². The molecule has 2 fully saturated rings. The lowest BCUT2D eigenvalue weighted by Gasteiger charge is -2.26. The van der Waals surface area contributed by atoms with E-state index in [4.69, 9.17) is 5.11 Å². The molecule has 0 saturated carbocycles. The molecule has 108 valence electrons. The van der Waals surface area contributed by atoms with Gasteiger partial charge >= 0.3 is 12.1 Å². The predicted octanol–water partition coefficient (Wildman–Crippen LogP) is 2.54. The number of alkyl halides is 3. The van der Waals surface area contributed by atoms with Crippen LogP contribution in [-0.2, 0) is 11.0 Å². The van der Waals surface area contributed by atoms with Gasteiger partial charge in [0.1, 0.15) is 5.82 Å². The zero-order valence-electron chi connectivity index (χ0n) is 10.5. The SMILES string of the molecule is O=C(O)C1CC2CCC1N2c1ncccc1C(F)(F)F. The first-order chi connectivity index (χ1) is 9.39. The van der Waals surface area contributed by atoms with Crippen molar-refractivity contribution in [3.63, 3.8) is 0 Å². The molecule has 3 rings (SSSR count). The summed E-state index contributed by atoms with van der Waals surface area (Å²) in [6.07, 6.45) is -1.44. The summed E-state index contributed by atoms with van der Waals surface area (Å²) in [6, 6.07) is 1.71. The van der Waals surface area contributed by atoms with Gasteiger partial charge in [-0.05, 0) is 31.4 Å². The van der Waals surface area contributed by atoms with Crippen molar-refractivity contribution in [2.24, 2.45) is 5.92 Å². The molecule has 1 aromatic heterocycles. The summed E-state index contributed by atoms with van der Waals surface area (Å²) >= 11 is 0. The van der Waals surface area contributed by atoms with Crippen molar-refractivity contribution in [1.29, 1.82) is 0 Å². The molecule has 2 bridgehead atoms. The van der Waals surface area contributed by atoms with Gasteiger partial charge in [-0.2, -0.15) is 13.2 Å². The largest absolute Gasteiger partial charge is 0.481 e. The van der Waals surface area contributed by atoms with E-state index in [1.165, 1.54) is 12.3 Å². The van der Waals surface area contributed by atoms with Crippen LogP contribution >= 0.6 is 0 Å². The molecule has 7 heteroatoms. The Morgan fingerprint density at radius 3 is 2.75 bits per heavy atom. The van der Waals surface area contributed by atoms with Crippen molar-refractivity contribution in [2.45, 2.75) is 37.5 Å². The van der Waals surface area contributed by atoms with E-state index in [2.05, 4.69) is 4.98 Å². The first-order valence-electron chi connectivity index (χ1n) is 6.43. The van der Waals surface area contributed by atoms with Crippen molar-refractivity contribution in [1.82, 2.24) is 4.98 Å². The number of fused-ring (bicyclic) bond motifs is 2. The number of carboxylic acids is 1. The molecule has 0 amide bonds. The van der Waals surface area contributed by atoms with E-state index in [-0.39, 0.29) is 17.9 Å². The van der Waals surface area contributed by atoms with Gasteiger partial charge in [0.2, 0.25) is 0 Å². The van der Waals surface area contributed by atoms with Crippen molar-refractivity contribution < 1.29 is 23.1 Å². The molecule has 0 radical (unpaired) electrons. The van der Waals surface area contributed by atoms with Crippen LogP contribution in [0.4, 0.5) is 19.0 Å². The van der Waals surface area contributed by atoms with Gasteiger partial charge in [-0.1, -0.05) is 0 Å². The Hall–Kier alpha value is -1.79. The van der Waals surface area contributed by atoms with Gasteiger partial charge < -0.3 is 10.0 Å². The van der Waals surface area contributed by atoms with Crippen molar-refractivity contribution in [3.8, 4) is 0 Å². The average Bonchev–Trinajstić information content (AvgIpc) is 2.95. The highest BCUT2D eigenvalue weighted by atomic mass is 19.4. The normalized spacial score (nSPS) is 28.9. The number of hydrogen-bond acceptors (Lipinski definition) is 3. The quantitative estimate of drug-likeness (QED) is 0.907. The summed E-state index contributed by atoms with van der Waals surface area (Å²) in [7, 11) is 0. The Bertz CT molecular complexity index is 547. The molecule has 0 spiro atoms. The minimum atomic E-state index is -4.48. The number of hydrogen-bond donors (Lipinski definition) is 1. The number of nitrogens with zero attached hydrogens (tertiary/aromatic N) is 2. The summed E-state index contributed by atoms with van der Waals surface area (Å²) in [6.45, 7) is 0. The molecule has 20 heavy (non-hydrogen) atoms. The Kier molecular flexibility index (Phi) is 2.88. The molecule has 2 saturated heterocycles. The van der Waals surface area contributed by atoms with Crippen molar-refractivity contribution >= 4 is 11.8 Å². The summed E-state index contributed by atoms with van der Waals surface area (Å²) in [5.41, 5.74) is -0.789. The first-order valence-corrected chi connectivity index (χ1v) is 6.43. The van der Waals surface area contributed by atoms with Crippen LogP contribution in [0.25, 0.3) is 0 Å². The van der Waals surface area contributed by atoms with E-state index in [1.807, 2.05) is 0 Å². The third kappa shape index (κ3) is 1.92. The number of pyridine rings is 1. The monoisotopic (exact) mass is 286 g/mol. The second-order valence-corrected chi connectivity index (χ2v) is 5.26. The second kappa shape index (κ2) is 4.36. The maximum atomic E-state index is 13.0. The van der Waals surface area contributed by atoms with Crippen LogP contribution in [0.1, 0.15) is 24.8 Å². The topological polar surface area (TPSA) is 53.4 Å². The minimum absolute atomic E-state index is 0.128. The van der Waals surface area contributed by atoms with E-state index < -0.39 is 23.6 Å². The fraction of sp³-hybridized carbons (Fsp3) is 0.538. The molecule has 2 aliphatic rings. The van der Waals surface area contributed by atoms with Gasteiger partial charge in [0.15, 0.2) is 0 Å². The van der Waals surface area contributed by atoms with Gasteiger partial charge in [-0.25, -0.2) is 4.98 Å². The number of aromatic nitrogens is 1. The first kappa shape index (κ1) is 13.2. The molecular formula is C13H13F3N2O2. The number of anilines is 1. The van der Waals surface area contributed by atoms with Crippen LogP contribution in [0.3, 0.4) is 0 Å². The van der Waals surface area contributed by atoms with Crippen LogP contribution in [0.15, 0.2) is 18.3 Å². The molecular weight excluding hydrogens is 273 g/mol. The van der Waals surface area contributed by atoms with E-state index in [9.17, 15) is 18.0 Å². The summed E-state index contributed by atoms with van der Waals surface area (Å²) in [5, 5.41) is 9.16. The molecule has 0 aliphatic carbocycles. The van der Waals surface area contributed by atoms with E-state index in [1.54, 1.807) is 4.90 Å². The Morgan fingerprint density at radius 1 is 1.40 bits per heavy atom. The average molecular weight is 286 g/mol. The van der Waals surface area contributed by atoms with Crippen LogP contribution in [-0.4, -0.2) is 28.1 Å². The summed E-state index contributed by atoms with van der Waals surface area (Å²) in [5.74, 6) is -1.67. The van der Waals surface area contributed by atoms with Crippen LogP contribution < -0.4 is 4.90 Å². The maximum absolute atomic E-state index is 13.0. The Balaban J connectivity index is 2.01. The molecule has 0 aromatic carbocycles. The highest BCUT2D eigenvalue weighted by Crippen LogP contribution is 2.47. The molecule has 1 N–H and O–H groups in total. The van der Waals surface area contributed by atoms with Crippen molar-refractivity contribution in [3.05, 3.63) is 23.9 Å². The lowest BCUT2D eigenvalue weighted by atomic mass is 9.89. The number of carbonyl (C=O) groups is 1. The number of carboxylic acid groups (broad SMARTS) is 1. The number of halogens is 3. The van der Waals surface area contributed by atoms with Crippen LogP contribution in [0.2, 0.25) is 0 Å². The van der Waals surface area contributed by atoms with E-state index >= 15 is 0 Å². The fourth-order valence-corrected chi connectivity index (χ4v) is 3.41. The molecule has 3 heterocycles. The van der Waals surface area contributed by atoms with E-state index in [0.717, 1.165) is 12.5 Å². The molecule has 4 nitrogen and oxygen atoms in total. The summed E-state index contributed by atoms with van der Waals surface area (Å²) in [4.78, 5) is 16.6. The second-order valence-electron chi connectivity index (χ2n) is 5.26. The van der Waals surface area contributed by atoms with Gasteiger partial charge in [-0.15, -0.1) is 0 Å².